The Bertz CT molecular complexity index is 491. The van der Waals surface area contributed by atoms with Crippen molar-refractivity contribution in [1.29, 1.82) is 0 Å². The van der Waals surface area contributed by atoms with Crippen LogP contribution in [-0.4, -0.2) is 53.5 Å². The molecule has 1 amide bonds. The van der Waals surface area contributed by atoms with Crippen molar-refractivity contribution in [3.05, 3.63) is 29.6 Å². The molecular formula is C15H23N3O3. The lowest BCUT2D eigenvalue weighted by Crippen LogP contribution is -2.43. The van der Waals surface area contributed by atoms with Crippen molar-refractivity contribution in [2.24, 2.45) is 5.92 Å². The Hall–Kier alpha value is -1.95. The van der Waals surface area contributed by atoms with Gasteiger partial charge in [-0.2, -0.15) is 0 Å². The van der Waals surface area contributed by atoms with Gasteiger partial charge in [0.2, 0.25) is 0 Å². The zero-order valence-corrected chi connectivity index (χ0v) is 13.0. The highest BCUT2D eigenvalue weighted by molar-refractivity contribution is 6.03. The molecule has 0 aromatic carbocycles. The zero-order valence-electron chi connectivity index (χ0n) is 13.0. The minimum atomic E-state index is -1.15. The average molecular weight is 293 g/mol. The van der Waals surface area contributed by atoms with Crippen molar-refractivity contribution < 1.29 is 14.7 Å². The fourth-order valence-electron chi connectivity index (χ4n) is 2.20. The number of rotatable bonds is 7. The van der Waals surface area contributed by atoms with Crippen LogP contribution in [0.5, 0.6) is 0 Å². The molecule has 1 aromatic rings. The van der Waals surface area contributed by atoms with Crippen LogP contribution in [0.15, 0.2) is 18.3 Å². The van der Waals surface area contributed by atoms with Gasteiger partial charge >= 0.3 is 5.97 Å². The molecule has 116 valence electrons. The van der Waals surface area contributed by atoms with Gasteiger partial charge in [-0.3, -0.25) is 9.78 Å². The number of carbonyl (C=O) groups excluding carboxylic acids is 1. The zero-order chi connectivity index (χ0) is 16.0. The standard InChI is InChI=1S/C15H23N3O3/c1-10(2)8-11(9-18(3)4)17-14(19)13-12(15(20)21)6-5-7-16-13/h5-7,10-11H,8-9H2,1-4H3,(H,17,19)(H,20,21). The SMILES string of the molecule is CC(C)CC(CN(C)C)NC(=O)c1ncccc1C(=O)O. The molecule has 0 spiro atoms. The number of amides is 1. The van der Waals surface area contributed by atoms with Gasteiger partial charge in [0.1, 0.15) is 5.69 Å². The monoisotopic (exact) mass is 293 g/mol. The number of nitrogens with zero attached hydrogens (tertiary/aromatic N) is 2. The number of hydrogen-bond donors (Lipinski definition) is 2. The van der Waals surface area contributed by atoms with E-state index in [2.05, 4.69) is 24.1 Å². The summed E-state index contributed by atoms with van der Waals surface area (Å²) >= 11 is 0. The molecule has 0 saturated carbocycles. The number of pyridine rings is 1. The number of aromatic carboxylic acids is 1. The van der Waals surface area contributed by atoms with E-state index in [4.69, 9.17) is 5.11 Å². The van der Waals surface area contributed by atoms with Gasteiger partial charge in [-0.25, -0.2) is 4.79 Å². The largest absolute Gasteiger partial charge is 0.478 e. The summed E-state index contributed by atoms with van der Waals surface area (Å²) in [6, 6.07) is 2.84. The van der Waals surface area contributed by atoms with Crippen LogP contribution in [0.25, 0.3) is 0 Å². The maximum Gasteiger partial charge on any atom is 0.338 e. The normalized spacial score (nSPS) is 12.5. The predicted molar refractivity (Wildman–Crippen MR) is 80.5 cm³/mol. The molecule has 0 aliphatic carbocycles. The Kier molecular flexibility index (Phi) is 6.30. The van der Waals surface area contributed by atoms with Gasteiger partial charge < -0.3 is 15.3 Å². The number of likely N-dealkylation sites (N-methyl/N-ethyl adjacent to an activating group) is 1. The van der Waals surface area contributed by atoms with E-state index in [9.17, 15) is 9.59 Å². The molecule has 0 aliphatic heterocycles. The van der Waals surface area contributed by atoms with Crippen molar-refractivity contribution in [1.82, 2.24) is 15.2 Å². The summed E-state index contributed by atoms with van der Waals surface area (Å²) in [7, 11) is 3.87. The van der Waals surface area contributed by atoms with E-state index < -0.39 is 11.9 Å². The number of carboxylic acid groups (broad SMARTS) is 1. The van der Waals surface area contributed by atoms with Gasteiger partial charge in [0, 0.05) is 18.8 Å². The van der Waals surface area contributed by atoms with E-state index in [1.807, 2.05) is 19.0 Å². The van der Waals surface area contributed by atoms with E-state index in [0.717, 1.165) is 6.42 Å². The van der Waals surface area contributed by atoms with Crippen molar-refractivity contribution in [3.8, 4) is 0 Å². The minimum absolute atomic E-state index is 0.0440. The van der Waals surface area contributed by atoms with Gasteiger partial charge in [-0.05, 0) is 38.6 Å². The predicted octanol–water partition coefficient (Wildman–Crippen LogP) is 1.49. The Morgan fingerprint density at radius 3 is 2.57 bits per heavy atom. The second-order valence-corrected chi connectivity index (χ2v) is 5.77. The summed E-state index contributed by atoms with van der Waals surface area (Å²) in [6.45, 7) is 4.86. The first kappa shape index (κ1) is 17.1. The first-order chi connectivity index (χ1) is 9.81. The number of nitrogens with one attached hydrogen (secondary N) is 1. The van der Waals surface area contributed by atoms with Crippen LogP contribution in [0.2, 0.25) is 0 Å². The molecule has 6 heteroatoms. The summed E-state index contributed by atoms with van der Waals surface area (Å²) in [6.07, 6.45) is 2.24. The number of carbonyl (C=O) groups is 2. The van der Waals surface area contributed by atoms with Crippen molar-refractivity contribution in [2.45, 2.75) is 26.3 Å². The summed E-state index contributed by atoms with van der Waals surface area (Å²) in [5.41, 5.74) is -0.124. The summed E-state index contributed by atoms with van der Waals surface area (Å²) in [4.78, 5) is 29.3. The Balaban J connectivity index is 2.89. The maximum absolute atomic E-state index is 12.3. The number of hydrogen-bond acceptors (Lipinski definition) is 4. The van der Waals surface area contributed by atoms with Crippen LogP contribution in [0, 0.1) is 5.92 Å². The molecule has 1 aromatic heterocycles. The second kappa shape index (κ2) is 7.73. The van der Waals surface area contributed by atoms with Crippen LogP contribution >= 0.6 is 0 Å². The van der Waals surface area contributed by atoms with E-state index in [-0.39, 0.29) is 17.3 Å². The quantitative estimate of drug-likeness (QED) is 0.796. The van der Waals surface area contributed by atoms with Crippen LogP contribution in [0.1, 0.15) is 41.1 Å². The fourth-order valence-corrected chi connectivity index (χ4v) is 2.20. The highest BCUT2D eigenvalue weighted by atomic mass is 16.4. The van der Waals surface area contributed by atoms with Crippen LogP contribution in [-0.2, 0) is 0 Å². The third-order valence-corrected chi connectivity index (χ3v) is 2.93. The fraction of sp³-hybridized carbons (Fsp3) is 0.533. The third-order valence-electron chi connectivity index (χ3n) is 2.93. The molecule has 1 atom stereocenters. The highest BCUT2D eigenvalue weighted by Crippen LogP contribution is 2.09. The van der Waals surface area contributed by atoms with Crippen LogP contribution < -0.4 is 5.32 Å². The highest BCUT2D eigenvalue weighted by Gasteiger charge is 2.21. The molecule has 21 heavy (non-hydrogen) atoms. The molecule has 1 unspecified atom stereocenters. The average Bonchev–Trinajstić information content (AvgIpc) is 2.36. The van der Waals surface area contributed by atoms with E-state index in [1.165, 1.54) is 18.3 Å². The second-order valence-electron chi connectivity index (χ2n) is 5.77. The van der Waals surface area contributed by atoms with Crippen molar-refractivity contribution in [3.63, 3.8) is 0 Å². The van der Waals surface area contributed by atoms with Crippen molar-refractivity contribution in [2.75, 3.05) is 20.6 Å². The lowest BCUT2D eigenvalue weighted by atomic mass is 10.0. The summed E-state index contributed by atoms with van der Waals surface area (Å²) < 4.78 is 0. The van der Waals surface area contributed by atoms with Gasteiger partial charge in [-0.15, -0.1) is 0 Å². The molecule has 0 radical (unpaired) electrons. The van der Waals surface area contributed by atoms with Gasteiger partial charge in [0.05, 0.1) is 5.56 Å². The van der Waals surface area contributed by atoms with Crippen molar-refractivity contribution >= 4 is 11.9 Å². The molecule has 1 heterocycles. The molecule has 0 bridgehead atoms. The Morgan fingerprint density at radius 2 is 2.05 bits per heavy atom. The van der Waals surface area contributed by atoms with E-state index in [1.54, 1.807) is 0 Å². The molecule has 6 nitrogen and oxygen atoms in total. The lowest BCUT2D eigenvalue weighted by Gasteiger charge is -2.24. The van der Waals surface area contributed by atoms with Gasteiger partial charge in [0.25, 0.3) is 5.91 Å². The molecule has 0 aliphatic rings. The summed E-state index contributed by atoms with van der Waals surface area (Å²) in [5.74, 6) is -1.17. The van der Waals surface area contributed by atoms with Crippen LogP contribution in [0.4, 0.5) is 0 Å². The molecular weight excluding hydrogens is 270 g/mol. The molecule has 0 fully saturated rings. The third kappa shape index (κ3) is 5.51. The smallest absolute Gasteiger partial charge is 0.338 e. The lowest BCUT2D eigenvalue weighted by molar-refractivity contribution is 0.0689. The first-order valence-corrected chi connectivity index (χ1v) is 6.95. The first-order valence-electron chi connectivity index (χ1n) is 6.95. The van der Waals surface area contributed by atoms with Gasteiger partial charge in [-0.1, -0.05) is 13.8 Å². The van der Waals surface area contributed by atoms with Gasteiger partial charge in [0.15, 0.2) is 0 Å². The summed E-state index contributed by atoms with van der Waals surface area (Å²) in [5, 5.41) is 12.0. The van der Waals surface area contributed by atoms with E-state index in [0.29, 0.717) is 12.5 Å². The number of carboxylic acids is 1. The Labute approximate surface area is 125 Å². The minimum Gasteiger partial charge on any atom is -0.478 e. The van der Waals surface area contributed by atoms with E-state index >= 15 is 0 Å². The molecule has 1 rings (SSSR count). The number of aromatic nitrogens is 1. The Morgan fingerprint density at radius 1 is 1.38 bits per heavy atom. The maximum atomic E-state index is 12.3. The molecule has 2 N–H and O–H groups in total. The van der Waals surface area contributed by atoms with Crippen LogP contribution in [0.3, 0.4) is 0 Å². The molecule has 0 saturated heterocycles. The topological polar surface area (TPSA) is 82.5 Å².